The Morgan fingerprint density at radius 1 is 1.29 bits per heavy atom. The fourth-order valence-corrected chi connectivity index (χ4v) is 3.47. The van der Waals surface area contributed by atoms with E-state index >= 15 is 0 Å². The first kappa shape index (κ1) is 13.3. The zero-order valence-corrected chi connectivity index (χ0v) is 12.6. The van der Waals surface area contributed by atoms with E-state index in [1.54, 1.807) is 0 Å². The molecule has 3 atom stereocenters. The summed E-state index contributed by atoms with van der Waals surface area (Å²) in [6.45, 7) is 5.09. The van der Waals surface area contributed by atoms with Gasteiger partial charge < -0.3 is 10.1 Å². The first-order valence-corrected chi connectivity index (χ1v) is 8.09. The number of fused-ring (bicyclic) bond motifs is 1. The van der Waals surface area contributed by atoms with E-state index in [0.29, 0.717) is 12.1 Å². The lowest BCUT2D eigenvalue weighted by molar-refractivity contribution is 0.184. The van der Waals surface area contributed by atoms with Gasteiger partial charge >= 0.3 is 0 Å². The zero-order valence-electron chi connectivity index (χ0n) is 12.6. The van der Waals surface area contributed by atoms with Crippen LogP contribution in [0.25, 0.3) is 10.9 Å². The molecular formula is C17H23N3O. The van der Waals surface area contributed by atoms with Gasteiger partial charge in [0.2, 0.25) is 0 Å². The maximum atomic E-state index is 5.47. The number of rotatable bonds is 2. The maximum absolute atomic E-state index is 5.47. The van der Waals surface area contributed by atoms with Crippen molar-refractivity contribution in [1.29, 1.82) is 0 Å². The van der Waals surface area contributed by atoms with Gasteiger partial charge in [-0.05, 0) is 43.4 Å². The monoisotopic (exact) mass is 285 g/mol. The van der Waals surface area contributed by atoms with Crippen LogP contribution in [0.5, 0.6) is 0 Å². The van der Waals surface area contributed by atoms with Crippen LogP contribution in [0.4, 0.5) is 0 Å². The first-order valence-electron chi connectivity index (χ1n) is 8.09. The van der Waals surface area contributed by atoms with Gasteiger partial charge in [-0.25, -0.2) is 0 Å². The summed E-state index contributed by atoms with van der Waals surface area (Å²) < 4.78 is 7.56. The normalized spacial score (nSPS) is 30.0. The topological polar surface area (TPSA) is 39.1 Å². The van der Waals surface area contributed by atoms with Crippen molar-refractivity contribution in [2.75, 3.05) is 19.8 Å². The molecule has 1 unspecified atom stereocenters. The van der Waals surface area contributed by atoms with Crippen LogP contribution in [-0.2, 0) is 4.74 Å². The van der Waals surface area contributed by atoms with E-state index in [1.807, 2.05) is 0 Å². The number of benzene rings is 1. The molecule has 0 saturated carbocycles. The van der Waals surface area contributed by atoms with E-state index in [2.05, 4.69) is 41.3 Å². The minimum Gasteiger partial charge on any atom is -0.379 e. The van der Waals surface area contributed by atoms with Crippen LogP contribution in [0.2, 0.25) is 0 Å². The molecule has 2 fully saturated rings. The third-order valence-corrected chi connectivity index (χ3v) is 4.89. The standard InChI is InChI=1S/C17H23N3O/c1-12-2-5-16(18-9-12)13-3-4-14-10-20(19-17(14)8-13)15-6-7-21-11-15/h3-4,8,10,12,15-16,18H,2,5-7,9,11H2,1H3/t12-,15?,16+/m0/s1. The van der Waals surface area contributed by atoms with Crippen molar-refractivity contribution in [3.05, 3.63) is 30.0 Å². The minimum atomic E-state index is 0.412. The summed E-state index contributed by atoms with van der Waals surface area (Å²) in [7, 11) is 0. The van der Waals surface area contributed by atoms with Crippen LogP contribution >= 0.6 is 0 Å². The van der Waals surface area contributed by atoms with Gasteiger partial charge in [0.05, 0.1) is 18.2 Å². The van der Waals surface area contributed by atoms with Gasteiger partial charge in [0, 0.05) is 24.2 Å². The molecule has 0 amide bonds. The highest BCUT2D eigenvalue weighted by Gasteiger charge is 2.21. The van der Waals surface area contributed by atoms with Gasteiger partial charge in [0.15, 0.2) is 0 Å². The molecule has 1 aromatic carbocycles. The molecule has 0 bridgehead atoms. The summed E-state index contributed by atoms with van der Waals surface area (Å²) in [4.78, 5) is 0. The van der Waals surface area contributed by atoms with Crippen molar-refractivity contribution in [2.24, 2.45) is 5.92 Å². The smallest absolute Gasteiger partial charge is 0.0926 e. The summed E-state index contributed by atoms with van der Waals surface area (Å²) in [6.07, 6.45) is 5.77. The Morgan fingerprint density at radius 3 is 3.00 bits per heavy atom. The summed E-state index contributed by atoms with van der Waals surface area (Å²) in [6, 6.07) is 7.63. The zero-order chi connectivity index (χ0) is 14.2. The Balaban J connectivity index is 1.60. The van der Waals surface area contributed by atoms with Gasteiger partial charge in [-0.3, -0.25) is 4.68 Å². The Bertz CT molecular complexity index is 622. The van der Waals surface area contributed by atoms with Crippen molar-refractivity contribution in [1.82, 2.24) is 15.1 Å². The average Bonchev–Trinajstić information content (AvgIpc) is 3.16. The number of nitrogens with zero attached hydrogens (tertiary/aromatic N) is 2. The van der Waals surface area contributed by atoms with Gasteiger partial charge in [-0.15, -0.1) is 0 Å². The second-order valence-corrected chi connectivity index (χ2v) is 6.59. The van der Waals surface area contributed by atoms with Crippen molar-refractivity contribution in [3.8, 4) is 0 Å². The summed E-state index contributed by atoms with van der Waals surface area (Å²) in [5.74, 6) is 0.798. The molecule has 2 aliphatic rings. The van der Waals surface area contributed by atoms with Crippen molar-refractivity contribution in [3.63, 3.8) is 0 Å². The van der Waals surface area contributed by atoms with Gasteiger partial charge in [-0.1, -0.05) is 19.1 Å². The molecule has 4 nitrogen and oxygen atoms in total. The minimum absolute atomic E-state index is 0.412. The molecule has 4 rings (SSSR count). The van der Waals surface area contributed by atoms with Gasteiger partial charge in [0.1, 0.15) is 0 Å². The average molecular weight is 285 g/mol. The number of piperidine rings is 1. The molecule has 2 aromatic rings. The predicted molar refractivity (Wildman–Crippen MR) is 83.3 cm³/mol. The van der Waals surface area contributed by atoms with Gasteiger partial charge in [0.25, 0.3) is 0 Å². The Hall–Kier alpha value is -1.39. The van der Waals surface area contributed by atoms with E-state index in [0.717, 1.165) is 37.6 Å². The van der Waals surface area contributed by atoms with Crippen LogP contribution in [0, 0.1) is 5.92 Å². The second kappa shape index (κ2) is 5.43. The number of ether oxygens (including phenoxy) is 1. The van der Waals surface area contributed by atoms with Crippen LogP contribution < -0.4 is 5.32 Å². The molecule has 1 N–H and O–H groups in total. The van der Waals surface area contributed by atoms with Crippen molar-refractivity contribution < 1.29 is 4.74 Å². The fourth-order valence-electron chi connectivity index (χ4n) is 3.47. The highest BCUT2D eigenvalue weighted by Crippen LogP contribution is 2.28. The predicted octanol–water partition coefficient (Wildman–Crippen LogP) is 3.06. The van der Waals surface area contributed by atoms with Crippen LogP contribution in [0.1, 0.15) is 43.8 Å². The molecule has 0 radical (unpaired) electrons. The fraction of sp³-hybridized carbons (Fsp3) is 0.588. The van der Waals surface area contributed by atoms with Crippen LogP contribution in [0.3, 0.4) is 0 Å². The third kappa shape index (κ3) is 2.58. The van der Waals surface area contributed by atoms with Crippen LogP contribution in [0.15, 0.2) is 24.4 Å². The molecule has 21 heavy (non-hydrogen) atoms. The highest BCUT2D eigenvalue weighted by atomic mass is 16.5. The van der Waals surface area contributed by atoms with E-state index in [-0.39, 0.29) is 0 Å². The summed E-state index contributed by atoms with van der Waals surface area (Å²) in [5.41, 5.74) is 2.49. The molecule has 4 heteroatoms. The molecule has 112 valence electrons. The number of hydrogen-bond donors (Lipinski definition) is 1. The van der Waals surface area contributed by atoms with Crippen molar-refractivity contribution >= 4 is 10.9 Å². The molecule has 0 spiro atoms. The lowest BCUT2D eigenvalue weighted by atomic mass is 9.92. The quantitative estimate of drug-likeness (QED) is 0.921. The van der Waals surface area contributed by atoms with E-state index in [1.165, 1.54) is 23.8 Å². The molecule has 1 aromatic heterocycles. The Labute approximate surface area is 125 Å². The molecule has 0 aliphatic carbocycles. The van der Waals surface area contributed by atoms with E-state index in [4.69, 9.17) is 9.84 Å². The number of aromatic nitrogens is 2. The number of hydrogen-bond acceptors (Lipinski definition) is 3. The first-order chi connectivity index (χ1) is 10.3. The van der Waals surface area contributed by atoms with E-state index in [9.17, 15) is 0 Å². The molecule has 2 saturated heterocycles. The van der Waals surface area contributed by atoms with Crippen LogP contribution in [-0.4, -0.2) is 29.5 Å². The van der Waals surface area contributed by atoms with E-state index < -0.39 is 0 Å². The Morgan fingerprint density at radius 2 is 2.24 bits per heavy atom. The molecule has 2 aliphatic heterocycles. The largest absolute Gasteiger partial charge is 0.379 e. The lowest BCUT2D eigenvalue weighted by Crippen LogP contribution is -2.31. The van der Waals surface area contributed by atoms with Gasteiger partial charge in [-0.2, -0.15) is 5.10 Å². The lowest BCUT2D eigenvalue weighted by Gasteiger charge is -2.28. The summed E-state index contributed by atoms with van der Waals surface area (Å²) in [5, 5.41) is 9.66. The molecular weight excluding hydrogens is 262 g/mol. The molecule has 3 heterocycles. The SMILES string of the molecule is C[C@H]1CC[C@H](c2ccc3cn(C4CCOC4)nc3c2)NC1. The third-order valence-electron chi connectivity index (χ3n) is 4.89. The second-order valence-electron chi connectivity index (χ2n) is 6.59. The number of nitrogens with one attached hydrogen (secondary N) is 1. The maximum Gasteiger partial charge on any atom is 0.0926 e. The van der Waals surface area contributed by atoms with Crippen molar-refractivity contribution in [2.45, 2.75) is 38.3 Å². The Kier molecular flexibility index (Phi) is 3.43. The summed E-state index contributed by atoms with van der Waals surface area (Å²) >= 11 is 0. The highest BCUT2D eigenvalue weighted by molar-refractivity contribution is 5.78.